The van der Waals surface area contributed by atoms with E-state index in [0.29, 0.717) is 19.6 Å². The van der Waals surface area contributed by atoms with Crippen molar-refractivity contribution in [2.75, 3.05) is 31.1 Å². The first-order chi connectivity index (χ1) is 16.9. The number of para-hydroxylation sites is 1. The van der Waals surface area contributed by atoms with Crippen LogP contribution in [0.25, 0.3) is 0 Å². The van der Waals surface area contributed by atoms with Crippen molar-refractivity contribution in [2.24, 2.45) is 11.8 Å². The van der Waals surface area contributed by atoms with Gasteiger partial charge in [0.1, 0.15) is 6.04 Å². The number of fused-ring (bicyclic) bond motifs is 2. The van der Waals surface area contributed by atoms with Crippen molar-refractivity contribution >= 4 is 35.2 Å². The number of benzene rings is 1. The SMILES string of the molecule is CCCCN1CC=C[C@]23S[C@H]4C=CCN(c5ccccc5)C(=O)[C@H]4[C@H]2C(=O)N([C@H](C)CO)C3C1=O. The predicted octanol–water partition coefficient (Wildman–Crippen LogP) is 2.47. The van der Waals surface area contributed by atoms with Gasteiger partial charge in [0.05, 0.1) is 29.2 Å². The van der Waals surface area contributed by atoms with Crippen LogP contribution >= 0.6 is 11.8 Å². The Morgan fingerprint density at radius 1 is 1.09 bits per heavy atom. The molecular formula is C27H33N3O4S. The normalized spacial score (nSPS) is 32.9. The number of likely N-dealkylation sites (tertiary alicyclic amines) is 1. The number of anilines is 1. The minimum Gasteiger partial charge on any atom is -0.394 e. The van der Waals surface area contributed by atoms with E-state index >= 15 is 0 Å². The van der Waals surface area contributed by atoms with Crippen LogP contribution < -0.4 is 4.90 Å². The highest BCUT2D eigenvalue weighted by atomic mass is 32.2. The van der Waals surface area contributed by atoms with Crippen LogP contribution in [-0.2, 0) is 14.4 Å². The molecule has 4 heterocycles. The van der Waals surface area contributed by atoms with Crippen molar-refractivity contribution < 1.29 is 19.5 Å². The Kier molecular flexibility index (Phi) is 6.53. The van der Waals surface area contributed by atoms with Crippen LogP contribution in [0.1, 0.15) is 26.7 Å². The molecule has 35 heavy (non-hydrogen) atoms. The molecule has 0 saturated carbocycles. The standard InChI is InChI=1S/C27H33N3O4S/c1-3-4-14-28-15-9-13-27-22(25(33)30(18(2)17-31)23(27)26(28)34)21-20(35-27)12-8-16-29(24(21)32)19-10-6-5-7-11-19/h5-13,18,20-23,31H,3-4,14-17H2,1-2H3/t18-,20+,21-,22+,23?,27+/m1/s1. The third-order valence-electron chi connectivity index (χ3n) is 7.77. The summed E-state index contributed by atoms with van der Waals surface area (Å²) < 4.78 is -0.840. The fourth-order valence-electron chi connectivity index (χ4n) is 6.08. The van der Waals surface area contributed by atoms with Crippen molar-refractivity contribution in [3.63, 3.8) is 0 Å². The number of hydrogen-bond acceptors (Lipinski definition) is 5. The number of carbonyl (C=O) groups excluding carboxylic acids is 3. The number of carbonyl (C=O) groups is 3. The van der Waals surface area contributed by atoms with Gasteiger partial charge < -0.3 is 19.8 Å². The lowest BCUT2D eigenvalue weighted by Gasteiger charge is -2.37. The second kappa shape index (κ2) is 9.47. The zero-order valence-electron chi connectivity index (χ0n) is 20.2. The molecule has 0 bridgehead atoms. The number of hydrogen-bond donors (Lipinski definition) is 1. The fraction of sp³-hybridized carbons (Fsp3) is 0.519. The van der Waals surface area contributed by atoms with Crippen molar-refractivity contribution in [3.05, 3.63) is 54.6 Å². The minimum atomic E-state index is -0.840. The van der Waals surface area contributed by atoms with Gasteiger partial charge in [-0.3, -0.25) is 14.4 Å². The third kappa shape index (κ3) is 3.73. The first kappa shape index (κ1) is 24.1. The average molecular weight is 496 g/mol. The number of amides is 3. The molecule has 1 aromatic carbocycles. The van der Waals surface area contributed by atoms with Crippen LogP contribution in [0.4, 0.5) is 5.69 Å². The van der Waals surface area contributed by atoms with Crippen molar-refractivity contribution in [1.82, 2.24) is 9.80 Å². The first-order valence-electron chi connectivity index (χ1n) is 12.5. The summed E-state index contributed by atoms with van der Waals surface area (Å²) in [5.74, 6) is -1.61. The van der Waals surface area contributed by atoms with Gasteiger partial charge in [0.25, 0.3) is 0 Å². The van der Waals surface area contributed by atoms with Crippen LogP contribution in [0.2, 0.25) is 0 Å². The minimum absolute atomic E-state index is 0.0834. The zero-order valence-corrected chi connectivity index (χ0v) is 21.1. The highest BCUT2D eigenvalue weighted by Crippen LogP contribution is 2.61. The molecule has 1 spiro atoms. The van der Waals surface area contributed by atoms with E-state index in [9.17, 15) is 19.5 Å². The molecule has 4 aliphatic rings. The second-order valence-electron chi connectivity index (χ2n) is 9.87. The maximum Gasteiger partial charge on any atom is 0.247 e. The molecular weight excluding hydrogens is 462 g/mol. The summed E-state index contributed by atoms with van der Waals surface area (Å²) in [4.78, 5) is 47.3. The van der Waals surface area contributed by atoms with Crippen LogP contribution in [0.5, 0.6) is 0 Å². The summed E-state index contributed by atoms with van der Waals surface area (Å²) in [7, 11) is 0. The monoisotopic (exact) mass is 495 g/mol. The van der Waals surface area contributed by atoms with Gasteiger partial charge in [0, 0.05) is 30.6 Å². The smallest absolute Gasteiger partial charge is 0.247 e. The Labute approximate surface area is 210 Å². The summed E-state index contributed by atoms with van der Waals surface area (Å²) in [6.45, 7) is 5.20. The van der Waals surface area contributed by atoms with Crippen LogP contribution in [-0.4, -0.2) is 80.9 Å². The number of rotatable bonds is 6. The summed E-state index contributed by atoms with van der Waals surface area (Å²) >= 11 is 1.58. The molecule has 7 nitrogen and oxygen atoms in total. The topological polar surface area (TPSA) is 81.2 Å². The molecule has 3 amide bonds. The van der Waals surface area contributed by atoms with E-state index in [0.717, 1.165) is 18.5 Å². The molecule has 1 unspecified atom stereocenters. The molecule has 2 fully saturated rings. The third-order valence-corrected chi connectivity index (χ3v) is 9.51. The maximum atomic E-state index is 14.1. The van der Waals surface area contributed by atoms with Crippen LogP contribution in [0.3, 0.4) is 0 Å². The molecule has 1 aromatic rings. The summed E-state index contributed by atoms with van der Waals surface area (Å²) in [6.07, 6.45) is 9.94. The molecule has 5 rings (SSSR count). The highest BCUT2D eigenvalue weighted by molar-refractivity contribution is 8.02. The molecule has 0 radical (unpaired) electrons. The van der Waals surface area contributed by atoms with E-state index in [4.69, 9.17) is 0 Å². The van der Waals surface area contributed by atoms with Gasteiger partial charge in [-0.15, -0.1) is 11.8 Å². The van der Waals surface area contributed by atoms with E-state index < -0.39 is 28.7 Å². The second-order valence-corrected chi connectivity index (χ2v) is 11.4. The number of unbranched alkanes of at least 4 members (excludes halogenated alkanes) is 1. The van der Waals surface area contributed by atoms with Gasteiger partial charge in [0.15, 0.2) is 0 Å². The number of aliphatic hydroxyl groups is 1. The largest absolute Gasteiger partial charge is 0.394 e. The average Bonchev–Trinajstić information content (AvgIpc) is 3.19. The Morgan fingerprint density at radius 2 is 1.86 bits per heavy atom. The van der Waals surface area contributed by atoms with Gasteiger partial charge in [-0.25, -0.2) is 0 Å². The molecule has 186 valence electrons. The summed E-state index contributed by atoms with van der Waals surface area (Å²) in [5.41, 5.74) is 0.801. The number of thioether (sulfide) groups is 1. The molecule has 4 aliphatic heterocycles. The van der Waals surface area contributed by atoms with Gasteiger partial charge in [-0.05, 0) is 25.5 Å². The van der Waals surface area contributed by atoms with Crippen molar-refractivity contribution in [3.8, 4) is 0 Å². The zero-order chi connectivity index (χ0) is 24.7. The van der Waals surface area contributed by atoms with Gasteiger partial charge >= 0.3 is 0 Å². The van der Waals surface area contributed by atoms with E-state index in [2.05, 4.69) is 6.92 Å². The van der Waals surface area contributed by atoms with Crippen molar-refractivity contribution in [1.29, 1.82) is 0 Å². The van der Waals surface area contributed by atoms with E-state index in [1.165, 1.54) is 0 Å². The molecule has 2 saturated heterocycles. The van der Waals surface area contributed by atoms with Gasteiger partial charge in [-0.1, -0.05) is 55.8 Å². The Bertz CT molecular complexity index is 1060. The van der Waals surface area contributed by atoms with E-state index in [-0.39, 0.29) is 29.6 Å². The fourth-order valence-corrected chi connectivity index (χ4v) is 8.07. The molecule has 8 heteroatoms. The lowest BCUT2D eigenvalue weighted by molar-refractivity contribution is -0.145. The Balaban J connectivity index is 1.59. The Morgan fingerprint density at radius 3 is 2.57 bits per heavy atom. The first-order valence-corrected chi connectivity index (χ1v) is 13.4. The lowest BCUT2D eigenvalue weighted by Crippen LogP contribution is -2.56. The molecule has 6 atom stereocenters. The Hall–Kier alpha value is -2.58. The molecule has 0 aromatic heterocycles. The molecule has 1 N–H and O–H groups in total. The quantitative estimate of drug-likeness (QED) is 0.614. The lowest BCUT2D eigenvalue weighted by atomic mass is 9.78. The van der Waals surface area contributed by atoms with Crippen LogP contribution in [0, 0.1) is 11.8 Å². The number of nitrogens with zero attached hydrogens (tertiary/aromatic N) is 3. The summed E-state index contributed by atoms with van der Waals surface area (Å²) in [6, 6.07) is 8.28. The maximum absolute atomic E-state index is 14.1. The van der Waals surface area contributed by atoms with Gasteiger partial charge in [-0.2, -0.15) is 0 Å². The summed E-state index contributed by atoms with van der Waals surface area (Å²) in [5, 5.41) is 9.82. The highest BCUT2D eigenvalue weighted by Gasteiger charge is 2.71. The van der Waals surface area contributed by atoms with Gasteiger partial charge in [0.2, 0.25) is 17.7 Å². The number of aliphatic hydroxyl groups excluding tert-OH is 1. The van der Waals surface area contributed by atoms with Crippen molar-refractivity contribution in [2.45, 2.75) is 48.8 Å². The predicted molar refractivity (Wildman–Crippen MR) is 137 cm³/mol. The van der Waals surface area contributed by atoms with E-state index in [1.54, 1.807) is 28.5 Å². The van der Waals surface area contributed by atoms with E-state index in [1.807, 2.05) is 59.5 Å². The van der Waals surface area contributed by atoms with Crippen LogP contribution in [0.15, 0.2) is 54.6 Å². The molecule has 0 aliphatic carbocycles.